The van der Waals surface area contributed by atoms with Crippen molar-refractivity contribution in [2.45, 2.75) is 25.0 Å². The van der Waals surface area contributed by atoms with Gasteiger partial charge in [0.05, 0.1) is 32.1 Å². The van der Waals surface area contributed by atoms with Crippen molar-refractivity contribution < 1.29 is 14.6 Å². The standard InChI is InChI=1S/C18H23N3O4S.ClH/c1-24-12-3-4-13(15(9-12)25-2)14-10-16(22)20-17(26)21(14)11-18(23)5-7-19-8-6-18;/h3-4,9-10,19,23H,5-8,11H2,1-2H3,(H,20,22,26);1H. The second-order valence-electron chi connectivity index (χ2n) is 6.45. The average molecular weight is 414 g/mol. The van der Waals surface area contributed by atoms with E-state index in [-0.39, 0.29) is 22.7 Å². The Kier molecular flexibility index (Phi) is 7.05. The molecule has 2 aromatic rings. The number of aliphatic hydroxyl groups is 1. The van der Waals surface area contributed by atoms with Crippen molar-refractivity contribution >= 4 is 24.6 Å². The lowest BCUT2D eigenvalue weighted by atomic mass is 9.92. The smallest absolute Gasteiger partial charge is 0.252 e. The van der Waals surface area contributed by atoms with E-state index in [1.54, 1.807) is 30.9 Å². The molecule has 0 atom stereocenters. The van der Waals surface area contributed by atoms with Crippen molar-refractivity contribution in [2.75, 3.05) is 27.3 Å². The molecule has 3 N–H and O–H groups in total. The first kappa shape index (κ1) is 21.4. The molecule has 0 spiro atoms. The minimum Gasteiger partial charge on any atom is -0.497 e. The van der Waals surface area contributed by atoms with Crippen LogP contribution >= 0.6 is 24.6 Å². The van der Waals surface area contributed by atoms with Crippen LogP contribution in [0.3, 0.4) is 0 Å². The highest BCUT2D eigenvalue weighted by Crippen LogP contribution is 2.34. The summed E-state index contributed by atoms with van der Waals surface area (Å²) in [5.74, 6) is 1.22. The molecule has 0 unspecified atom stereocenters. The van der Waals surface area contributed by atoms with Gasteiger partial charge in [-0.05, 0) is 50.3 Å². The number of halogens is 1. The van der Waals surface area contributed by atoms with Gasteiger partial charge in [0.15, 0.2) is 4.77 Å². The molecule has 3 rings (SSSR count). The Morgan fingerprint density at radius 2 is 1.93 bits per heavy atom. The fourth-order valence-electron chi connectivity index (χ4n) is 3.26. The average Bonchev–Trinajstić information content (AvgIpc) is 2.63. The van der Waals surface area contributed by atoms with Crippen LogP contribution in [-0.2, 0) is 6.54 Å². The van der Waals surface area contributed by atoms with Crippen molar-refractivity contribution in [2.24, 2.45) is 0 Å². The largest absolute Gasteiger partial charge is 0.497 e. The van der Waals surface area contributed by atoms with Gasteiger partial charge < -0.3 is 24.5 Å². The highest BCUT2D eigenvalue weighted by Gasteiger charge is 2.30. The van der Waals surface area contributed by atoms with Gasteiger partial charge in [0.2, 0.25) is 0 Å². The molecule has 2 heterocycles. The van der Waals surface area contributed by atoms with E-state index in [0.717, 1.165) is 13.1 Å². The first-order valence-electron chi connectivity index (χ1n) is 8.45. The normalized spacial score (nSPS) is 15.7. The van der Waals surface area contributed by atoms with Gasteiger partial charge in [-0.3, -0.25) is 9.78 Å². The number of hydrogen-bond donors (Lipinski definition) is 3. The van der Waals surface area contributed by atoms with E-state index in [1.165, 1.54) is 6.07 Å². The van der Waals surface area contributed by atoms with Crippen LogP contribution in [0, 0.1) is 4.77 Å². The van der Waals surface area contributed by atoms with Crippen LogP contribution in [0.5, 0.6) is 11.5 Å². The maximum Gasteiger partial charge on any atom is 0.252 e. The Morgan fingerprint density at radius 1 is 1.22 bits per heavy atom. The highest BCUT2D eigenvalue weighted by atomic mass is 35.5. The third-order valence-electron chi connectivity index (χ3n) is 4.71. The molecule has 27 heavy (non-hydrogen) atoms. The molecule has 7 nitrogen and oxygen atoms in total. The molecule has 1 fully saturated rings. The van der Waals surface area contributed by atoms with Crippen LogP contribution in [0.2, 0.25) is 0 Å². The topological polar surface area (TPSA) is 88.5 Å². The molecule has 9 heteroatoms. The highest BCUT2D eigenvalue weighted by molar-refractivity contribution is 7.71. The number of nitrogens with zero attached hydrogens (tertiary/aromatic N) is 1. The third kappa shape index (κ3) is 4.70. The second kappa shape index (κ2) is 8.88. The van der Waals surface area contributed by atoms with E-state index in [0.29, 0.717) is 42.1 Å². The van der Waals surface area contributed by atoms with Gasteiger partial charge in [-0.25, -0.2) is 0 Å². The minimum absolute atomic E-state index is 0. The van der Waals surface area contributed by atoms with Crippen LogP contribution in [0.15, 0.2) is 29.1 Å². The predicted molar refractivity (Wildman–Crippen MR) is 109 cm³/mol. The summed E-state index contributed by atoms with van der Waals surface area (Å²) in [5.41, 5.74) is 0.139. The van der Waals surface area contributed by atoms with Gasteiger partial charge in [-0.15, -0.1) is 12.4 Å². The molecule has 0 saturated carbocycles. The lowest BCUT2D eigenvalue weighted by Crippen LogP contribution is -2.45. The molecular weight excluding hydrogens is 390 g/mol. The lowest BCUT2D eigenvalue weighted by Gasteiger charge is -2.34. The Bertz CT molecular complexity index is 906. The Morgan fingerprint density at radius 3 is 2.56 bits per heavy atom. The second-order valence-corrected chi connectivity index (χ2v) is 6.84. The number of H-pyrrole nitrogens is 1. The van der Waals surface area contributed by atoms with Gasteiger partial charge in [0.25, 0.3) is 5.56 Å². The molecule has 1 aliphatic heterocycles. The number of ether oxygens (including phenoxy) is 2. The molecule has 1 saturated heterocycles. The number of hydrogen-bond acceptors (Lipinski definition) is 6. The molecular formula is C18H24ClN3O4S. The number of rotatable bonds is 5. The van der Waals surface area contributed by atoms with Crippen LogP contribution in [0.4, 0.5) is 0 Å². The summed E-state index contributed by atoms with van der Waals surface area (Å²) in [7, 11) is 3.14. The molecule has 1 aromatic heterocycles. The fraction of sp³-hybridized carbons (Fsp3) is 0.444. The Labute approximate surface area is 168 Å². The van der Waals surface area contributed by atoms with Crippen molar-refractivity contribution in [3.63, 3.8) is 0 Å². The van der Waals surface area contributed by atoms with Gasteiger partial charge >= 0.3 is 0 Å². The van der Waals surface area contributed by atoms with Crippen LogP contribution < -0.4 is 20.3 Å². The molecule has 0 bridgehead atoms. The van der Waals surface area contributed by atoms with E-state index in [1.807, 2.05) is 6.07 Å². The first-order chi connectivity index (χ1) is 12.5. The van der Waals surface area contributed by atoms with E-state index in [9.17, 15) is 9.90 Å². The Balaban J connectivity index is 0.00000261. The summed E-state index contributed by atoms with van der Waals surface area (Å²) >= 11 is 5.39. The number of methoxy groups -OCH3 is 2. The summed E-state index contributed by atoms with van der Waals surface area (Å²) in [5, 5.41) is 14.2. The molecule has 0 radical (unpaired) electrons. The van der Waals surface area contributed by atoms with E-state index >= 15 is 0 Å². The van der Waals surface area contributed by atoms with Crippen LogP contribution in [-0.4, -0.2) is 47.6 Å². The number of benzene rings is 1. The van der Waals surface area contributed by atoms with Crippen molar-refractivity contribution in [3.05, 3.63) is 39.4 Å². The quantitative estimate of drug-likeness (QED) is 0.651. The van der Waals surface area contributed by atoms with Crippen LogP contribution in [0.25, 0.3) is 11.3 Å². The maximum atomic E-state index is 12.1. The van der Waals surface area contributed by atoms with Crippen LogP contribution in [0.1, 0.15) is 12.8 Å². The van der Waals surface area contributed by atoms with Gasteiger partial charge in [-0.1, -0.05) is 0 Å². The molecule has 148 valence electrons. The fourth-order valence-corrected chi connectivity index (χ4v) is 3.52. The summed E-state index contributed by atoms with van der Waals surface area (Å²) in [6.45, 7) is 1.79. The zero-order valence-electron chi connectivity index (χ0n) is 15.3. The van der Waals surface area contributed by atoms with Crippen molar-refractivity contribution in [3.8, 4) is 22.8 Å². The Hall–Kier alpha value is -1.87. The summed E-state index contributed by atoms with van der Waals surface area (Å²) in [6.07, 6.45) is 1.24. The molecule has 0 aliphatic carbocycles. The van der Waals surface area contributed by atoms with Crippen molar-refractivity contribution in [1.82, 2.24) is 14.9 Å². The lowest BCUT2D eigenvalue weighted by molar-refractivity contribution is -0.00567. The van der Waals surface area contributed by atoms with E-state index in [2.05, 4.69) is 10.3 Å². The molecule has 0 amide bonds. The van der Waals surface area contributed by atoms with Crippen molar-refractivity contribution in [1.29, 1.82) is 0 Å². The van der Waals surface area contributed by atoms with Gasteiger partial charge in [0, 0.05) is 17.7 Å². The zero-order valence-corrected chi connectivity index (χ0v) is 16.9. The summed E-state index contributed by atoms with van der Waals surface area (Å²) < 4.78 is 12.8. The summed E-state index contributed by atoms with van der Waals surface area (Å²) in [6, 6.07) is 6.85. The monoisotopic (exact) mass is 413 g/mol. The van der Waals surface area contributed by atoms with Gasteiger partial charge in [-0.2, -0.15) is 0 Å². The van der Waals surface area contributed by atoms with Gasteiger partial charge in [0.1, 0.15) is 11.5 Å². The first-order valence-corrected chi connectivity index (χ1v) is 8.86. The zero-order chi connectivity index (χ0) is 18.7. The molecule has 1 aromatic carbocycles. The van der Waals surface area contributed by atoms with E-state index in [4.69, 9.17) is 21.7 Å². The predicted octanol–water partition coefficient (Wildman–Crippen LogP) is 2.13. The molecule has 1 aliphatic rings. The summed E-state index contributed by atoms with van der Waals surface area (Å²) in [4.78, 5) is 14.7. The van der Waals surface area contributed by atoms with E-state index < -0.39 is 5.60 Å². The maximum absolute atomic E-state index is 12.1. The SMILES string of the molecule is COc1ccc(-c2cc(=O)[nH]c(=S)n2CC2(O)CCNCC2)c(OC)c1.Cl. The number of aromatic amines is 1. The minimum atomic E-state index is -0.879. The number of aromatic nitrogens is 2. The number of nitrogens with one attached hydrogen (secondary N) is 2. The number of piperidine rings is 1. The third-order valence-corrected chi connectivity index (χ3v) is 5.03.